The molecule has 0 N–H and O–H groups in total. The molecule has 5 heteroatoms. The van der Waals surface area contributed by atoms with Gasteiger partial charge in [0, 0.05) is 55.0 Å². The Morgan fingerprint density at radius 1 is 0.271 bits per heavy atom. The Bertz CT molecular complexity index is 3850. The minimum atomic E-state index is 0.299. The lowest BCUT2D eigenvalue weighted by Crippen LogP contribution is -2.23. The van der Waals surface area contributed by atoms with E-state index in [2.05, 4.69) is 200 Å². The molecule has 2 aliphatic carbocycles. The monoisotopic (exact) mass is 903 g/mol. The molecule has 0 saturated heterocycles. The van der Waals surface area contributed by atoms with Crippen molar-refractivity contribution in [2.24, 2.45) is 0 Å². The number of fused-ring (bicyclic) bond motifs is 12. The second-order valence-electron chi connectivity index (χ2n) is 20.2. The zero-order valence-electron chi connectivity index (χ0n) is 39.4. The molecule has 2 aliphatic rings. The fourth-order valence-electron chi connectivity index (χ4n) is 13.7. The standard InChI is InChI=1S/C65H53N5/c1-3-22-42(23-4-1)59-62(70-57-39-20-13-32-50(57)61-58(70)40-21-41-66-61)60(43-24-5-2-6-25-43)64(68-53-35-16-9-28-46(53)47-29-10-17-36-54(47)68)65(69-55-37-18-11-30-48(55)49-31-12-19-38-56(49)69)63(59)67-51-33-14-7-26-44(51)45-27-8-15-34-52(45)67/h7-21,26-43H,1-6,22-25H2. The molecule has 338 valence electrons. The van der Waals surface area contributed by atoms with E-state index in [1.54, 1.807) is 0 Å². The number of aromatic nitrogens is 5. The quantitative estimate of drug-likeness (QED) is 0.164. The maximum absolute atomic E-state index is 5.24. The maximum Gasteiger partial charge on any atom is 0.0963 e. The van der Waals surface area contributed by atoms with Crippen molar-refractivity contribution in [3.05, 3.63) is 199 Å². The van der Waals surface area contributed by atoms with Crippen LogP contribution in [-0.2, 0) is 0 Å². The minimum absolute atomic E-state index is 0.299. The summed E-state index contributed by atoms with van der Waals surface area (Å²) in [4.78, 5) is 5.24. The average Bonchev–Trinajstić information content (AvgIpc) is 4.16. The summed E-state index contributed by atoms with van der Waals surface area (Å²) < 4.78 is 10.9. The van der Waals surface area contributed by atoms with E-state index in [-0.39, 0.29) is 0 Å². The van der Waals surface area contributed by atoms with Crippen molar-refractivity contribution < 1.29 is 0 Å². The Morgan fingerprint density at radius 3 is 0.929 bits per heavy atom. The summed E-state index contributed by atoms with van der Waals surface area (Å²) in [6, 6.07) is 68.8. The van der Waals surface area contributed by atoms with Crippen LogP contribution in [0.25, 0.3) is 110 Å². The summed E-state index contributed by atoms with van der Waals surface area (Å²) in [7, 11) is 0. The summed E-state index contributed by atoms with van der Waals surface area (Å²) in [6.45, 7) is 0. The number of hydrogen-bond acceptors (Lipinski definition) is 1. The summed E-state index contributed by atoms with van der Waals surface area (Å²) in [6.07, 6.45) is 13.9. The van der Waals surface area contributed by atoms with Crippen LogP contribution < -0.4 is 0 Å². The molecule has 0 aliphatic heterocycles. The van der Waals surface area contributed by atoms with Gasteiger partial charge in [-0.15, -0.1) is 0 Å². The van der Waals surface area contributed by atoms with E-state index in [9.17, 15) is 0 Å². The predicted molar refractivity (Wildman–Crippen MR) is 293 cm³/mol. The number of nitrogens with zero attached hydrogens (tertiary/aromatic N) is 5. The van der Waals surface area contributed by atoms with Crippen LogP contribution in [0.5, 0.6) is 0 Å². The second kappa shape index (κ2) is 15.8. The first-order valence-electron chi connectivity index (χ1n) is 25.9. The first-order valence-corrected chi connectivity index (χ1v) is 25.9. The van der Waals surface area contributed by atoms with Crippen molar-refractivity contribution >= 4 is 87.4 Å². The molecular formula is C65H53N5. The Hall–Kier alpha value is -7.89. The zero-order chi connectivity index (χ0) is 45.9. The molecule has 0 spiro atoms. The maximum atomic E-state index is 5.24. The van der Waals surface area contributed by atoms with E-state index in [1.165, 1.54) is 154 Å². The van der Waals surface area contributed by atoms with Gasteiger partial charge in [0.25, 0.3) is 0 Å². The van der Waals surface area contributed by atoms with Gasteiger partial charge >= 0.3 is 0 Å². The Kier molecular flexibility index (Phi) is 9.05. The van der Waals surface area contributed by atoms with Crippen LogP contribution in [0.1, 0.15) is 87.2 Å². The average molecular weight is 904 g/mol. The topological polar surface area (TPSA) is 32.6 Å². The molecule has 5 heterocycles. The Labute approximate surface area is 406 Å². The summed E-state index contributed by atoms with van der Waals surface area (Å²) >= 11 is 0. The third-order valence-corrected chi connectivity index (χ3v) is 16.6. The van der Waals surface area contributed by atoms with Crippen LogP contribution >= 0.6 is 0 Å². The highest BCUT2D eigenvalue weighted by Crippen LogP contribution is 2.55. The Balaban J connectivity index is 1.31. The summed E-state index contributed by atoms with van der Waals surface area (Å²) in [5, 5.41) is 8.85. The normalized spacial score (nSPS) is 15.3. The molecule has 0 atom stereocenters. The van der Waals surface area contributed by atoms with E-state index >= 15 is 0 Å². The van der Waals surface area contributed by atoms with Crippen LogP contribution in [0.15, 0.2) is 188 Å². The van der Waals surface area contributed by atoms with Gasteiger partial charge < -0.3 is 18.3 Å². The molecule has 2 saturated carbocycles. The van der Waals surface area contributed by atoms with Gasteiger partial charge in [-0.05, 0) is 92.1 Å². The van der Waals surface area contributed by atoms with Crippen molar-refractivity contribution in [3.63, 3.8) is 0 Å². The van der Waals surface area contributed by atoms with E-state index in [1.807, 2.05) is 6.20 Å². The molecule has 5 nitrogen and oxygen atoms in total. The van der Waals surface area contributed by atoms with Crippen molar-refractivity contribution in [2.75, 3.05) is 0 Å². The van der Waals surface area contributed by atoms with Gasteiger partial charge in [-0.25, -0.2) is 0 Å². The number of hydrogen-bond donors (Lipinski definition) is 0. The predicted octanol–water partition coefficient (Wildman–Crippen LogP) is 17.6. The number of para-hydroxylation sites is 7. The zero-order valence-corrected chi connectivity index (χ0v) is 39.4. The lowest BCUT2D eigenvalue weighted by atomic mass is 9.76. The fraction of sp³-hybridized carbons (Fsp3) is 0.185. The first-order chi connectivity index (χ1) is 34.8. The SMILES string of the molecule is c1ccc2c(c1)c1ccccc1n2-c1c(C2CCCCC2)c(-n2c3ccccc3c3ncccc32)c(C2CCCCC2)c(-n2c3ccccc3c3ccccc32)c1-n1c2ccccc2c2ccccc21. The third-order valence-electron chi connectivity index (χ3n) is 16.6. The van der Waals surface area contributed by atoms with Gasteiger partial charge in [0.15, 0.2) is 0 Å². The number of rotatable bonds is 6. The minimum Gasteiger partial charge on any atom is -0.307 e. The van der Waals surface area contributed by atoms with Crippen LogP contribution in [0, 0.1) is 0 Å². The number of pyridine rings is 1. The van der Waals surface area contributed by atoms with E-state index in [0.717, 1.165) is 31.2 Å². The van der Waals surface area contributed by atoms with Gasteiger partial charge in [0.05, 0.1) is 72.4 Å². The fourth-order valence-corrected chi connectivity index (χ4v) is 13.7. The van der Waals surface area contributed by atoms with E-state index < -0.39 is 0 Å². The van der Waals surface area contributed by atoms with Crippen LogP contribution in [0.4, 0.5) is 0 Å². The molecular weight excluding hydrogens is 851 g/mol. The third kappa shape index (κ3) is 5.69. The van der Waals surface area contributed by atoms with Gasteiger partial charge in [0.1, 0.15) is 0 Å². The molecule has 5 aromatic heterocycles. The van der Waals surface area contributed by atoms with Crippen molar-refractivity contribution in [1.82, 2.24) is 23.3 Å². The highest BCUT2D eigenvalue weighted by molar-refractivity contribution is 6.15. The van der Waals surface area contributed by atoms with Gasteiger partial charge in [0.2, 0.25) is 0 Å². The molecule has 0 radical (unpaired) electrons. The van der Waals surface area contributed by atoms with Gasteiger partial charge in [-0.3, -0.25) is 4.98 Å². The smallest absolute Gasteiger partial charge is 0.0963 e. The molecule has 0 bridgehead atoms. The van der Waals surface area contributed by atoms with Gasteiger partial charge in [-0.2, -0.15) is 0 Å². The molecule has 70 heavy (non-hydrogen) atoms. The van der Waals surface area contributed by atoms with Crippen molar-refractivity contribution in [3.8, 4) is 22.7 Å². The van der Waals surface area contributed by atoms with E-state index in [0.29, 0.717) is 11.8 Å². The highest BCUT2D eigenvalue weighted by atomic mass is 15.1. The summed E-state index contributed by atoms with van der Waals surface area (Å²) in [5.41, 5.74) is 19.0. The van der Waals surface area contributed by atoms with Crippen molar-refractivity contribution in [1.29, 1.82) is 0 Å². The van der Waals surface area contributed by atoms with Crippen molar-refractivity contribution in [2.45, 2.75) is 76.0 Å². The number of benzene rings is 8. The Morgan fingerprint density at radius 2 is 0.557 bits per heavy atom. The van der Waals surface area contributed by atoms with Gasteiger partial charge in [-0.1, -0.05) is 166 Å². The first kappa shape index (κ1) is 40.0. The summed E-state index contributed by atoms with van der Waals surface area (Å²) in [5.74, 6) is 0.598. The lowest BCUT2D eigenvalue weighted by Gasteiger charge is -2.37. The second-order valence-corrected chi connectivity index (χ2v) is 20.2. The molecule has 0 amide bonds. The van der Waals surface area contributed by atoms with Crippen LogP contribution in [-0.4, -0.2) is 23.3 Å². The largest absolute Gasteiger partial charge is 0.307 e. The molecule has 13 aromatic rings. The molecule has 0 unspecified atom stereocenters. The van der Waals surface area contributed by atoms with Crippen LogP contribution in [0.3, 0.4) is 0 Å². The molecule has 8 aromatic carbocycles. The highest BCUT2D eigenvalue weighted by Gasteiger charge is 2.39. The molecule has 2 fully saturated rings. The molecule has 15 rings (SSSR count). The van der Waals surface area contributed by atoms with Crippen LogP contribution in [0.2, 0.25) is 0 Å². The lowest BCUT2D eigenvalue weighted by molar-refractivity contribution is 0.433. The van der Waals surface area contributed by atoms with E-state index in [4.69, 9.17) is 4.98 Å².